The number of aryl methyl sites for hydroxylation is 1. The molecular weight excluding hydrogens is 182 g/mol. The summed E-state index contributed by atoms with van der Waals surface area (Å²) < 4.78 is 2.21. The number of thioether (sulfide) groups is 1. The summed E-state index contributed by atoms with van der Waals surface area (Å²) in [6.07, 6.45) is 3.91. The van der Waals surface area contributed by atoms with E-state index in [0.717, 1.165) is 18.9 Å². The molecule has 0 aliphatic carbocycles. The highest BCUT2D eigenvalue weighted by atomic mass is 32.2. The normalized spacial score (nSPS) is 10.6. The number of imidazole rings is 1. The molecule has 4 heteroatoms. The van der Waals surface area contributed by atoms with E-state index in [2.05, 4.69) is 21.8 Å². The molecule has 0 fully saturated rings. The van der Waals surface area contributed by atoms with Crippen molar-refractivity contribution in [3.8, 4) is 0 Å². The van der Waals surface area contributed by atoms with Crippen molar-refractivity contribution in [1.82, 2.24) is 14.9 Å². The number of nitrogens with one attached hydrogen (secondary N) is 1. The molecule has 0 aliphatic heterocycles. The lowest BCUT2D eigenvalue weighted by molar-refractivity contribution is 0.661. The second kappa shape index (κ2) is 6.05. The van der Waals surface area contributed by atoms with Crippen LogP contribution in [-0.4, -0.2) is 28.1 Å². The van der Waals surface area contributed by atoms with Gasteiger partial charge in [-0.15, -0.1) is 0 Å². The molecule has 1 N–H and O–H groups in total. The van der Waals surface area contributed by atoms with Crippen LogP contribution in [0.4, 0.5) is 0 Å². The number of hydrogen-bond acceptors (Lipinski definition) is 3. The fraction of sp³-hybridized carbons (Fsp3) is 0.667. The van der Waals surface area contributed by atoms with Crippen LogP contribution in [0.2, 0.25) is 0 Å². The summed E-state index contributed by atoms with van der Waals surface area (Å²) in [4.78, 5) is 4.28. The summed E-state index contributed by atoms with van der Waals surface area (Å²) in [6.45, 7) is 4.10. The Kier molecular flexibility index (Phi) is 4.93. The number of nitrogens with zero attached hydrogens (tertiary/aromatic N) is 2. The maximum absolute atomic E-state index is 4.28. The van der Waals surface area contributed by atoms with Crippen LogP contribution in [0.25, 0.3) is 0 Å². The van der Waals surface area contributed by atoms with Gasteiger partial charge in [0.2, 0.25) is 0 Å². The van der Waals surface area contributed by atoms with E-state index in [-0.39, 0.29) is 0 Å². The second-order valence-electron chi connectivity index (χ2n) is 2.76. The lowest BCUT2D eigenvalue weighted by Crippen LogP contribution is -2.13. The van der Waals surface area contributed by atoms with Gasteiger partial charge in [-0.25, -0.2) is 4.98 Å². The molecule has 1 rings (SSSR count). The lowest BCUT2D eigenvalue weighted by Gasteiger charge is -2.06. The maximum Gasteiger partial charge on any atom is 0.122 e. The van der Waals surface area contributed by atoms with E-state index in [1.54, 1.807) is 0 Å². The highest BCUT2D eigenvalue weighted by Crippen LogP contribution is 2.03. The topological polar surface area (TPSA) is 29.9 Å². The molecule has 13 heavy (non-hydrogen) atoms. The summed E-state index contributed by atoms with van der Waals surface area (Å²) >= 11 is 1.96. The van der Waals surface area contributed by atoms with Crippen molar-refractivity contribution in [1.29, 1.82) is 0 Å². The molecule has 1 aromatic heterocycles. The Morgan fingerprint density at radius 2 is 2.46 bits per heavy atom. The van der Waals surface area contributed by atoms with Gasteiger partial charge in [0.25, 0.3) is 0 Å². The van der Waals surface area contributed by atoms with Crippen molar-refractivity contribution in [3.63, 3.8) is 0 Å². The van der Waals surface area contributed by atoms with Crippen LogP contribution in [0.3, 0.4) is 0 Å². The van der Waals surface area contributed by atoms with Crippen LogP contribution in [-0.2, 0) is 13.1 Å². The van der Waals surface area contributed by atoms with Crippen LogP contribution in [0.5, 0.6) is 0 Å². The molecule has 3 nitrogen and oxygen atoms in total. The quantitative estimate of drug-likeness (QED) is 0.702. The Balaban J connectivity index is 2.40. The first kappa shape index (κ1) is 10.6. The van der Waals surface area contributed by atoms with Crippen molar-refractivity contribution in [2.24, 2.45) is 0 Å². The summed E-state index contributed by atoms with van der Waals surface area (Å²) in [5.41, 5.74) is 0. The third kappa shape index (κ3) is 3.40. The molecule has 0 saturated carbocycles. The zero-order valence-electron chi connectivity index (χ0n) is 8.29. The van der Waals surface area contributed by atoms with Crippen molar-refractivity contribution in [2.45, 2.75) is 20.0 Å². The van der Waals surface area contributed by atoms with Crippen LogP contribution in [0, 0.1) is 0 Å². The Morgan fingerprint density at radius 3 is 3.15 bits per heavy atom. The van der Waals surface area contributed by atoms with Gasteiger partial charge in [0, 0.05) is 24.7 Å². The van der Waals surface area contributed by atoms with Gasteiger partial charge in [0.05, 0.1) is 6.54 Å². The highest BCUT2D eigenvalue weighted by molar-refractivity contribution is 7.99. The maximum atomic E-state index is 4.28. The van der Waals surface area contributed by atoms with Crippen LogP contribution in [0.15, 0.2) is 12.4 Å². The Hall–Kier alpha value is -0.480. The Morgan fingerprint density at radius 1 is 1.62 bits per heavy atom. The number of hydrogen-bond donors (Lipinski definition) is 1. The third-order valence-electron chi connectivity index (χ3n) is 1.82. The molecule has 0 atom stereocenters. The van der Waals surface area contributed by atoms with Gasteiger partial charge in [-0.2, -0.15) is 11.8 Å². The fourth-order valence-corrected chi connectivity index (χ4v) is 1.79. The van der Waals surface area contributed by atoms with Gasteiger partial charge >= 0.3 is 0 Å². The van der Waals surface area contributed by atoms with E-state index in [9.17, 15) is 0 Å². The molecule has 1 heterocycles. The van der Waals surface area contributed by atoms with Crippen LogP contribution in [0.1, 0.15) is 12.7 Å². The largest absolute Gasteiger partial charge is 0.333 e. The molecule has 0 radical (unpaired) electrons. The summed E-state index contributed by atoms with van der Waals surface area (Å²) in [5, 5.41) is 3.11. The minimum atomic E-state index is 0.851. The molecule has 0 aromatic carbocycles. The zero-order valence-corrected chi connectivity index (χ0v) is 9.10. The van der Waals surface area contributed by atoms with Gasteiger partial charge in [-0.05, 0) is 12.8 Å². The van der Waals surface area contributed by atoms with E-state index in [1.807, 2.05) is 31.2 Å². The minimum Gasteiger partial charge on any atom is -0.333 e. The number of rotatable bonds is 6. The first-order chi connectivity index (χ1) is 6.38. The molecule has 0 unspecified atom stereocenters. The van der Waals surface area contributed by atoms with Crippen molar-refractivity contribution < 1.29 is 0 Å². The van der Waals surface area contributed by atoms with E-state index in [4.69, 9.17) is 0 Å². The van der Waals surface area contributed by atoms with Crippen molar-refractivity contribution in [3.05, 3.63) is 18.2 Å². The summed E-state index contributed by atoms with van der Waals surface area (Å²) in [5.74, 6) is 3.49. The van der Waals surface area contributed by atoms with Crippen LogP contribution < -0.4 is 5.32 Å². The molecule has 0 saturated heterocycles. The molecule has 1 aromatic rings. The fourth-order valence-electron chi connectivity index (χ4n) is 1.18. The van der Waals surface area contributed by atoms with Crippen LogP contribution >= 0.6 is 11.8 Å². The van der Waals surface area contributed by atoms with Gasteiger partial charge < -0.3 is 9.88 Å². The molecule has 0 aliphatic rings. The van der Waals surface area contributed by atoms with Gasteiger partial charge in [-0.3, -0.25) is 0 Å². The van der Waals surface area contributed by atoms with E-state index >= 15 is 0 Å². The van der Waals surface area contributed by atoms with Gasteiger partial charge in [-0.1, -0.05) is 6.92 Å². The van der Waals surface area contributed by atoms with Crippen molar-refractivity contribution >= 4 is 11.8 Å². The average Bonchev–Trinajstić information content (AvgIpc) is 2.54. The van der Waals surface area contributed by atoms with E-state index in [1.165, 1.54) is 11.5 Å². The monoisotopic (exact) mass is 199 g/mol. The Labute approximate surface area is 83.9 Å². The first-order valence-corrected chi connectivity index (χ1v) is 5.76. The molecular formula is C9H17N3S. The third-order valence-corrected chi connectivity index (χ3v) is 2.70. The summed E-state index contributed by atoms with van der Waals surface area (Å²) in [7, 11) is 1.94. The SMILES string of the molecule is CCSCCn1ccnc1CNC. The van der Waals surface area contributed by atoms with Crippen molar-refractivity contribution in [2.75, 3.05) is 18.6 Å². The second-order valence-corrected chi connectivity index (χ2v) is 4.16. The molecule has 0 bridgehead atoms. The first-order valence-electron chi connectivity index (χ1n) is 4.60. The zero-order chi connectivity index (χ0) is 9.52. The summed E-state index contributed by atoms with van der Waals surface area (Å²) in [6, 6.07) is 0. The molecule has 0 spiro atoms. The Bertz CT molecular complexity index is 235. The van der Waals surface area contributed by atoms with Gasteiger partial charge in [0.1, 0.15) is 5.82 Å². The highest BCUT2D eigenvalue weighted by Gasteiger charge is 1.99. The van der Waals surface area contributed by atoms with Gasteiger partial charge in [0.15, 0.2) is 0 Å². The molecule has 0 amide bonds. The predicted molar refractivity (Wildman–Crippen MR) is 58.0 cm³/mol. The predicted octanol–water partition coefficient (Wildman–Crippen LogP) is 1.36. The number of aromatic nitrogens is 2. The van der Waals surface area contributed by atoms with E-state index < -0.39 is 0 Å². The average molecular weight is 199 g/mol. The standard InChI is InChI=1S/C9H17N3S/c1-3-13-7-6-12-5-4-11-9(12)8-10-2/h4-5,10H,3,6-8H2,1-2H3. The van der Waals surface area contributed by atoms with E-state index in [0.29, 0.717) is 0 Å². The lowest BCUT2D eigenvalue weighted by atomic mass is 10.5. The minimum absolute atomic E-state index is 0.851. The molecule has 74 valence electrons. The smallest absolute Gasteiger partial charge is 0.122 e.